The molecule has 2 N–H and O–H groups in total. The van der Waals surface area contributed by atoms with E-state index in [0.717, 1.165) is 38.5 Å². The first-order chi connectivity index (χ1) is 8.57. The molecular formula is C14H29N3O. The molecule has 2 rings (SSSR count). The predicted molar refractivity (Wildman–Crippen MR) is 74.7 cm³/mol. The van der Waals surface area contributed by atoms with Gasteiger partial charge in [0.1, 0.15) is 0 Å². The molecule has 0 aromatic heterocycles. The molecule has 2 aliphatic heterocycles. The molecule has 18 heavy (non-hydrogen) atoms. The van der Waals surface area contributed by atoms with Gasteiger partial charge in [0.25, 0.3) is 0 Å². The zero-order valence-electron chi connectivity index (χ0n) is 12.0. The first kappa shape index (κ1) is 14.3. The molecule has 2 fully saturated rings. The summed E-state index contributed by atoms with van der Waals surface area (Å²) in [6.07, 6.45) is 4.68. The minimum atomic E-state index is -0.0154. The van der Waals surface area contributed by atoms with Crippen molar-refractivity contribution in [1.82, 2.24) is 9.80 Å². The SMILES string of the molecule is CN1CCC(CN(C)CC2(N)CCOCC2)CC1. The van der Waals surface area contributed by atoms with Crippen molar-refractivity contribution in [3.63, 3.8) is 0 Å². The van der Waals surface area contributed by atoms with Gasteiger partial charge < -0.3 is 20.3 Å². The Balaban J connectivity index is 1.72. The van der Waals surface area contributed by atoms with Gasteiger partial charge in [0.05, 0.1) is 0 Å². The van der Waals surface area contributed by atoms with Crippen LogP contribution in [0.4, 0.5) is 0 Å². The molecular weight excluding hydrogens is 226 g/mol. The second kappa shape index (κ2) is 6.33. The monoisotopic (exact) mass is 255 g/mol. The molecule has 0 atom stereocenters. The van der Waals surface area contributed by atoms with E-state index >= 15 is 0 Å². The summed E-state index contributed by atoms with van der Waals surface area (Å²) in [5.41, 5.74) is 6.44. The molecule has 0 spiro atoms. The molecule has 0 saturated carbocycles. The standard InChI is InChI=1S/C14H29N3O/c1-16-7-3-13(4-8-16)11-17(2)12-14(15)5-9-18-10-6-14/h13H,3-12,15H2,1-2H3. The Bertz CT molecular complexity index is 245. The van der Waals surface area contributed by atoms with Gasteiger partial charge in [-0.05, 0) is 58.8 Å². The van der Waals surface area contributed by atoms with E-state index in [1.807, 2.05) is 0 Å². The lowest BCUT2D eigenvalue weighted by molar-refractivity contribution is 0.0378. The van der Waals surface area contributed by atoms with Gasteiger partial charge in [-0.15, -0.1) is 0 Å². The van der Waals surface area contributed by atoms with Crippen LogP contribution in [-0.2, 0) is 4.74 Å². The van der Waals surface area contributed by atoms with E-state index in [1.54, 1.807) is 0 Å². The third-order valence-electron chi connectivity index (χ3n) is 4.48. The quantitative estimate of drug-likeness (QED) is 0.805. The summed E-state index contributed by atoms with van der Waals surface area (Å²) >= 11 is 0. The highest BCUT2D eigenvalue weighted by Crippen LogP contribution is 2.21. The van der Waals surface area contributed by atoms with E-state index in [9.17, 15) is 0 Å². The van der Waals surface area contributed by atoms with Crippen LogP contribution in [0.1, 0.15) is 25.7 Å². The van der Waals surface area contributed by atoms with Gasteiger partial charge in [0.15, 0.2) is 0 Å². The molecule has 0 radical (unpaired) electrons. The van der Waals surface area contributed by atoms with E-state index in [2.05, 4.69) is 23.9 Å². The van der Waals surface area contributed by atoms with E-state index < -0.39 is 0 Å². The topological polar surface area (TPSA) is 41.7 Å². The van der Waals surface area contributed by atoms with Crippen LogP contribution in [0.3, 0.4) is 0 Å². The molecule has 4 nitrogen and oxygen atoms in total. The fraction of sp³-hybridized carbons (Fsp3) is 1.00. The Morgan fingerprint density at radius 3 is 2.50 bits per heavy atom. The molecule has 0 bridgehead atoms. The second-order valence-electron chi connectivity index (χ2n) is 6.42. The third-order valence-corrected chi connectivity index (χ3v) is 4.48. The van der Waals surface area contributed by atoms with Crippen molar-refractivity contribution in [2.24, 2.45) is 11.7 Å². The van der Waals surface area contributed by atoms with Gasteiger partial charge >= 0.3 is 0 Å². The largest absolute Gasteiger partial charge is 0.381 e. The highest BCUT2D eigenvalue weighted by Gasteiger charge is 2.30. The maximum atomic E-state index is 6.46. The highest BCUT2D eigenvalue weighted by molar-refractivity contribution is 4.89. The highest BCUT2D eigenvalue weighted by atomic mass is 16.5. The summed E-state index contributed by atoms with van der Waals surface area (Å²) in [5.74, 6) is 0.856. The molecule has 2 aliphatic rings. The number of rotatable bonds is 4. The number of likely N-dealkylation sites (tertiary alicyclic amines) is 1. The van der Waals surface area contributed by atoms with Gasteiger partial charge in [-0.3, -0.25) is 0 Å². The number of piperidine rings is 1. The van der Waals surface area contributed by atoms with Crippen LogP contribution in [0.5, 0.6) is 0 Å². The zero-order valence-corrected chi connectivity index (χ0v) is 12.0. The van der Waals surface area contributed by atoms with E-state index in [4.69, 9.17) is 10.5 Å². The number of nitrogens with zero attached hydrogens (tertiary/aromatic N) is 2. The number of hydrogen-bond donors (Lipinski definition) is 1. The summed E-state index contributed by atoms with van der Waals surface area (Å²) in [6, 6.07) is 0. The van der Waals surface area contributed by atoms with Crippen LogP contribution >= 0.6 is 0 Å². The van der Waals surface area contributed by atoms with Gasteiger partial charge in [-0.1, -0.05) is 0 Å². The Kier molecular flexibility index (Phi) is 5.01. The van der Waals surface area contributed by atoms with E-state index in [0.29, 0.717) is 0 Å². The summed E-state index contributed by atoms with van der Waals surface area (Å²) in [6.45, 7) is 6.38. The fourth-order valence-electron chi connectivity index (χ4n) is 3.22. The molecule has 2 heterocycles. The smallest absolute Gasteiger partial charge is 0.0484 e. The molecule has 2 saturated heterocycles. The van der Waals surface area contributed by atoms with Crippen molar-refractivity contribution in [1.29, 1.82) is 0 Å². The van der Waals surface area contributed by atoms with Crippen LogP contribution in [0, 0.1) is 5.92 Å². The van der Waals surface area contributed by atoms with E-state index in [-0.39, 0.29) is 5.54 Å². The van der Waals surface area contributed by atoms with Crippen molar-refractivity contribution in [3.8, 4) is 0 Å². The summed E-state index contributed by atoms with van der Waals surface area (Å²) in [4.78, 5) is 4.88. The van der Waals surface area contributed by atoms with Crippen molar-refractivity contribution in [3.05, 3.63) is 0 Å². The van der Waals surface area contributed by atoms with Crippen molar-refractivity contribution < 1.29 is 4.74 Å². The van der Waals surface area contributed by atoms with Crippen LogP contribution in [0.15, 0.2) is 0 Å². The first-order valence-electron chi connectivity index (χ1n) is 7.31. The molecule has 0 amide bonds. The lowest BCUT2D eigenvalue weighted by Gasteiger charge is -2.38. The predicted octanol–water partition coefficient (Wildman–Crippen LogP) is 0.768. The fourth-order valence-corrected chi connectivity index (χ4v) is 3.22. The summed E-state index contributed by atoms with van der Waals surface area (Å²) in [7, 11) is 4.44. The molecule has 0 aromatic rings. The van der Waals surface area contributed by atoms with Crippen LogP contribution in [0.2, 0.25) is 0 Å². The first-order valence-corrected chi connectivity index (χ1v) is 7.31. The lowest BCUT2D eigenvalue weighted by Crippen LogP contribution is -2.53. The number of hydrogen-bond acceptors (Lipinski definition) is 4. The Morgan fingerprint density at radius 2 is 1.89 bits per heavy atom. The molecule has 0 unspecified atom stereocenters. The normalized spacial score (nSPS) is 26.7. The number of nitrogens with two attached hydrogens (primary N) is 1. The average molecular weight is 255 g/mol. The van der Waals surface area contributed by atoms with E-state index in [1.165, 1.54) is 32.5 Å². The Labute approximate surface area is 111 Å². The van der Waals surface area contributed by atoms with Crippen molar-refractivity contribution in [2.75, 3.05) is 53.5 Å². The second-order valence-corrected chi connectivity index (χ2v) is 6.42. The number of ether oxygens (including phenoxy) is 1. The van der Waals surface area contributed by atoms with Crippen LogP contribution in [0.25, 0.3) is 0 Å². The Hall–Kier alpha value is -0.160. The maximum Gasteiger partial charge on any atom is 0.0484 e. The zero-order chi connectivity index (χ0) is 13.0. The summed E-state index contributed by atoms with van der Waals surface area (Å²) < 4.78 is 5.40. The minimum absolute atomic E-state index is 0.0154. The van der Waals surface area contributed by atoms with Gasteiger partial charge in [0.2, 0.25) is 0 Å². The van der Waals surface area contributed by atoms with Gasteiger partial charge in [-0.2, -0.15) is 0 Å². The van der Waals surface area contributed by atoms with Crippen LogP contribution in [-0.4, -0.2) is 68.8 Å². The number of likely N-dealkylation sites (N-methyl/N-ethyl adjacent to an activating group) is 1. The molecule has 106 valence electrons. The lowest BCUT2D eigenvalue weighted by atomic mass is 9.90. The van der Waals surface area contributed by atoms with Crippen molar-refractivity contribution >= 4 is 0 Å². The van der Waals surface area contributed by atoms with Gasteiger partial charge in [0, 0.05) is 31.8 Å². The van der Waals surface area contributed by atoms with Gasteiger partial charge in [-0.25, -0.2) is 0 Å². The van der Waals surface area contributed by atoms with Crippen LogP contribution < -0.4 is 5.73 Å². The van der Waals surface area contributed by atoms with Crippen molar-refractivity contribution in [2.45, 2.75) is 31.2 Å². The summed E-state index contributed by atoms with van der Waals surface area (Å²) in [5, 5.41) is 0. The third kappa shape index (κ3) is 4.19. The minimum Gasteiger partial charge on any atom is -0.381 e. The molecule has 0 aliphatic carbocycles. The molecule has 4 heteroatoms. The maximum absolute atomic E-state index is 6.46. The average Bonchev–Trinajstić information content (AvgIpc) is 2.32. The Morgan fingerprint density at radius 1 is 1.28 bits per heavy atom. The molecule has 0 aromatic carbocycles.